The van der Waals surface area contributed by atoms with Gasteiger partial charge in [0, 0.05) is 0 Å². The Hall–Kier alpha value is -0.400. The number of hydrogen-bond donors (Lipinski definition) is 2. The summed E-state index contributed by atoms with van der Waals surface area (Å²) in [4.78, 5) is 18.9. The van der Waals surface area contributed by atoms with Gasteiger partial charge in [-0.25, -0.2) is 8.82 Å². The van der Waals surface area contributed by atoms with Gasteiger partial charge in [-0.3, -0.25) is 9.79 Å². The average molecular weight is 235 g/mol. The summed E-state index contributed by atoms with van der Waals surface area (Å²) in [5.41, 5.74) is 0. The van der Waals surface area contributed by atoms with E-state index in [1.807, 2.05) is 6.07 Å². The third-order valence-corrected chi connectivity index (χ3v) is 4.95. The molecule has 0 unspecified atom stereocenters. The first kappa shape index (κ1) is 14.6. The Bertz CT molecular complexity index is 282. The Balaban J connectivity index is 5.31. The van der Waals surface area contributed by atoms with Gasteiger partial charge in [-0.05, 0) is 27.7 Å². The van der Waals surface area contributed by atoms with E-state index in [2.05, 4.69) is 0 Å². The van der Waals surface area contributed by atoms with E-state index in [-0.39, 0.29) is 29.3 Å². The predicted molar refractivity (Wildman–Crippen MR) is 57.7 cm³/mol. The van der Waals surface area contributed by atoms with Crippen molar-refractivity contribution < 1.29 is 18.6 Å². The summed E-state index contributed by atoms with van der Waals surface area (Å²) >= 11 is 0. The predicted octanol–water partition coefficient (Wildman–Crippen LogP) is 1.63. The number of rotatable bonds is 5. The topological polar surface area (TPSA) is 81.3 Å². The summed E-state index contributed by atoms with van der Waals surface area (Å²) in [6, 6.07) is 1.53. The van der Waals surface area contributed by atoms with Gasteiger partial charge < -0.3 is 0 Å². The van der Waals surface area contributed by atoms with Crippen LogP contribution in [0.4, 0.5) is 0 Å². The Labute approximate surface area is 91.1 Å². The molecule has 0 rings (SSSR count). The Kier molecular flexibility index (Phi) is 4.95. The standard InChI is InChI=1S/C9H19N2O3P/c1-8(2)11(9(3)4,7-5-6-10)15(12,13)14/h8-9H,5,7H2,1-4H3,(H-,12,13,14)/p+1. The van der Waals surface area contributed by atoms with Crippen molar-refractivity contribution in [3.8, 4) is 6.07 Å². The molecule has 0 aromatic carbocycles. The van der Waals surface area contributed by atoms with Crippen LogP contribution in [0.2, 0.25) is 0 Å². The van der Waals surface area contributed by atoms with E-state index in [4.69, 9.17) is 5.26 Å². The lowest BCUT2D eigenvalue weighted by atomic mass is 10.2. The highest BCUT2D eigenvalue weighted by Gasteiger charge is 2.50. The fourth-order valence-electron chi connectivity index (χ4n) is 2.07. The summed E-state index contributed by atoms with van der Waals surface area (Å²) in [5, 5.41) is 8.55. The summed E-state index contributed by atoms with van der Waals surface area (Å²) in [5.74, 6) is 0. The second-order valence-electron chi connectivity index (χ2n) is 4.22. The summed E-state index contributed by atoms with van der Waals surface area (Å²) in [6.45, 7) is 7.29. The first-order valence-electron chi connectivity index (χ1n) is 5.00. The number of nitriles is 1. The molecule has 0 aromatic rings. The number of quaternary nitrogens is 1. The molecule has 88 valence electrons. The largest absolute Gasteiger partial charge is 0.526 e. The van der Waals surface area contributed by atoms with E-state index in [9.17, 15) is 14.4 Å². The second kappa shape index (κ2) is 5.09. The minimum absolute atomic E-state index is 0.154. The molecule has 0 atom stereocenters. The third-order valence-electron chi connectivity index (χ3n) is 2.86. The van der Waals surface area contributed by atoms with Gasteiger partial charge in [0.25, 0.3) is 0 Å². The van der Waals surface area contributed by atoms with Gasteiger partial charge >= 0.3 is 7.75 Å². The molecule has 0 saturated carbocycles. The van der Waals surface area contributed by atoms with Crippen LogP contribution in [-0.2, 0) is 4.57 Å². The van der Waals surface area contributed by atoms with E-state index in [0.717, 1.165) is 0 Å². The highest BCUT2D eigenvalue weighted by atomic mass is 31.2. The lowest BCUT2D eigenvalue weighted by molar-refractivity contribution is -0.866. The number of hydrogen-bond acceptors (Lipinski definition) is 2. The monoisotopic (exact) mass is 235 g/mol. The van der Waals surface area contributed by atoms with Crippen LogP contribution in [-0.4, -0.2) is 32.7 Å². The maximum atomic E-state index is 11.6. The van der Waals surface area contributed by atoms with Crippen LogP contribution < -0.4 is 0 Å². The summed E-state index contributed by atoms with van der Waals surface area (Å²) < 4.78 is 11.3. The Morgan fingerprint density at radius 1 is 1.27 bits per heavy atom. The lowest BCUT2D eigenvalue weighted by Gasteiger charge is -2.44. The maximum absolute atomic E-state index is 11.6. The molecule has 0 fully saturated rings. The van der Waals surface area contributed by atoms with E-state index < -0.39 is 7.75 Å². The van der Waals surface area contributed by atoms with Gasteiger partial charge in [-0.2, -0.15) is 5.26 Å². The van der Waals surface area contributed by atoms with Crippen molar-refractivity contribution in [1.82, 2.24) is 0 Å². The van der Waals surface area contributed by atoms with Crippen LogP contribution in [0.3, 0.4) is 0 Å². The molecule has 0 aliphatic rings. The minimum atomic E-state index is -4.26. The molecule has 0 radical (unpaired) electrons. The van der Waals surface area contributed by atoms with Crippen molar-refractivity contribution >= 4 is 7.75 Å². The first-order valence-corrected chi connectivity index (χ1v) is 6.57. The van der Waals surface area contributed by atoms with Gasteiger partial charge in [0.05, 0.1) is 31.1 Å². The van der Waals surface area contributed by atoms with Gasteiger partial charge in [-0.1, -0.05) is 0 Å². The smallest absolute Gasteiger partial charge is 0.279 e. The van der Waals surface area contributed by atoms with Crippen molar-refractivity contribution in [3.63, 3.8) is 0 Å². The zero-order valence-corrected chi connectivity index (χ0v) is 10.6. The molecular weight excluding hydrogens is 215 g/mol. The zero-order chi connectivity index (χ0) is 12.3. The molecule has 0 heterocycles. The molecule has 0 saturated heterocycles. The quantitative estimate of drug-likeness (QED) is 0.709. The highest BCUT2D eigenvalue weighted by Crippen LogP contribution is 2.52. The molecule has 0 aliphatic heterocycles. The van der Waals surface area contributed by atoms with E-state index in [1.54, 1.807) is 27.7 Å². The molecule has 0 spiro atoms. The molecule has 0 amide bonds. The van der Waals surface area contributed by atoms with E-state index in [0.29, 0.717) is 0 Å². The van der Waals surface area contributed by atoms with Crippen LogP contribution in [0, 0.1) is 11.3 Å². The fraction of sp³-hybridized carbons (Fsp3) is 0.889. The summed E-state index contributed by atoms with van der Waals surface area (Å²) in [7, 11) is -4.26. The van der Waals surface area contributed by atoms with Gasteiger partial charge in [-0.15, -0.1) is 0 Å². The SMILES string of the molecule is CC(C)[N+](CCC#N)(C(C)C)P(=O)(O)O. The highest BCUT2D eigenvalue weighted by molar-refractivity contribution is 7.45. The van der Waals surface area contributed by atoms with Crippen LogP contribution in [0.5, 0.6) is 0 Å². The third kappa shape index (κ3) is 2.79. The maximum Gasteiger partial charge on any atom is 0.526 e. The molecule has 6 heteroatoms. The van der Waals surface area contributed by atoms with Gasteiger partial charge in [0.1, 0.15) is 0 Å². The molecule has 0 bridgehead atoms. The van der Waals surface area contributed by atoms with Gasteiger partial charge in [0.15, 0.2) is 0 Å². The lowest BCUT2D eigenvalue weighted by Crippen LogP contribution is -2.55. The Morgan fingerprint density at radius 2 is 1.67 bits per heavy atom. The van der Waals surface area contributed by atoms with Crippen LogP contribution in [0.15, 0.2) is 0 Å². The van der Waals surface area contributed by atoms with Crippen molar-refractivity contribution in [1.29, 1.82) is 5.26 Å². The zero-order valence-electron chi connectivity index (χ0n) is 9.71. The van der Waals surface area contributed by atoms with Crippen molar-refractivity contribution in [2.45, 2.75) is 46.2 Å². The fourth-order valence-corrected chi connectivity index (χ4v) is 3.64. The summed E-state index contributed by atoms with van der Waals surface area (Å²) in [6.07, 6.45) is 0.154. The van der Waals surface area contributed by atoms with E-state index >= 15 is 0 Å². The van der Waals surface area contributed by atoms with Crippen LogP contribution in [0.1, 0.15) is 34.1 Å². The molecule has 2 N–H and O–H groups in total. The molecular formula is C9H20N2O3P+. The van der Waals surface area contributed by atoms with Gasteiger partial charge in [0.2, 0.25) is 0 Å². The van der Waals surface area contributed by atoms with Crippen LogP contribution >= 0.6 is 7.75 Å². The molecule has 15 heavy (non-hydrogen) atoms. The van der Waals surface area contributed by atoms with Crippen molar-refractivity contribution in [3.05, 3.63) is 0 Å². The molecule has 5 nitrogen and oxygen atoms in total. The van der Waals surface area contributed by atoms with Crippen molar-refractivity contribution in [2.24, 2.45) is 0 Å². The van der Waals surface area contributed by atoms with Crippen LogP contribution in [0.25, 0.3) is 0 Å². The van der Waals surface area contributed by atoms with E-state index in [1.165, 1.54) is 0 Å². The number of nitrogens with zero attached hydrogens (tertiary/aromatic N) is 2. The average Bonchev–Trinajstić information content (AvgIpc) is 2.01. The molecule has 0 aliphatic carbocycles. The second-order valence-corrected chi connectivity index (χ2v) is 5.99. The Morgan fingerprint density at radius 3 is 1.87 bits per heavy atom. The minimum Gasteiger partial charge on any atom is -0.279 e. The van der Waals surface area contributed by atoms with Crippen molar-refractivity contribution in [2.75, 3.05) is 6.54 Å². The first-order chi connectivity index (χ1) is 6.70. The normalized spacial score (nSPS) is 13.3. The molecule has 0 aromatic heterocycles.